The Bertz CT molecular complexity index is 1060. The molecule has 8 nitrogen and oxygen atoms in total. The molecule has 0 spiro atoms. The molecule has 0 atom stereocenters. The standard InChI is InChI=1S/C17H15Cl2N7O/c18-10-1-2-12-11(5-10)17-22-14(8-24-4-3-20-6-15(24)27)23-26(17)7-13-16(19)21-9-25(12)13/h1-2,5,9,20H,3-4,6-8H2. The summed E-state index contributed by atoms with van der Waals surface area (Å²) < 4.78 is 3.73. The maximum Gasteiger partial charge on any atom is 0.236 e. The van der Waals surface area contributed by atoms with Gasteiger partial charge in [-0.3, -0.25) is 9.36 Å². The van der Waals surface area contributed by atoms with E-state index in [1.165, 1.54) is 0 Å². The molecule has 2 aromatic heterocycles. The van der Waals surface area contributed by atoms with Crippen molar-refractivity contribution in [3.8, 4) is 17.1 Å². The van der Waals surface area contributed by atoms with E-state index in [4.69, 9.17) is 28.2 Å². The van der Waals surface area contributed by atoms with Gasteiger partial charge in [0.15, 0.2) is 16.8 Å². The van der Waals surface area contributed by atoms with Gasteiger partial charge in [0.2, 0.25) is 5.91 Å². The minimum Gasteiger partial charge on any atom is -0.333 e. The molecule has 0 saturated carbocycles. The molecule has 1 aromatic carbocycles. The van der Waals surface area contributed by atoms with Crippen LogP contribution in [-0.2, 0) is 17.9 Å². The summed E-state index contributed by atoms with van der Waals surface area (Å²) in [6.07, 6.45) is 1.69. The Balaban J connectivity index is 1.60. The SMILES string of the molecule is O=C1CNCCN1Cc1nc2n(n1)Cc1c(Cl)ncn1-c1ccc(Cl)cc1-2. The third-order valence-electron chi connectivity index (χ3n) is 4.81. The number of piperazine rings is 1. The lowest BCUT2D eigenvalue weighted by molar-refractivity contribution is -0.132. The largest absolute Gasteiger partial charge is 0.333 e. The Hall–Kier alpha value is -2.42. The number of benzene rings is 1. The Morgan fingerprint density at radius 1 is 1.26 bits per heavy atom. The second-order valence-electron chi connectivity index (χ2n) is 6.51. The number of carbonyl (C=O) groups excluding carboxylic acids is 1. The predicted molar refractivity (Wildman–Crippen MR) is 100.0 cm³/mol. The minimum absolute atomic E-state index is 0.0517. The lowest BCUT2D eigenvalue weighted by Crippen LogP contribution is -2.47. The van der Waals surface area contributed by atoms with Crippen LogP contribution in [0.4, 0.5) is 0 Å². The summed E-state index contributed by atoms with van der Waals surface area (Å²) in [5.41, 5.74) is 2.57. The molecule has 138 valence electrons. The van der Waals surface area contributed by atoms with Gasteiger partial charge in [-0.25, -0.2) is 14.6 Å². The Labute approximate surface area is 164 Å². The van der Waals surface area contributed by atoms with Gasteiger partial charge in [-0.2, -0.15) is 5.10 Å². The molecule has 1 N–H and O–H groups in total. The van der Waals surface area contributed by atoms with Crippen LogP contribution in [0.25, 0.3) is 17.1 Å². The smallest absolute Gasteiger partial charge is 0.236 e. The van der Waals surface area contributed by atoms with E-state index in [0.29, 0.717) is 48.0 Å². The van der Waals surface area contributed by atoms with Crippen molar-refractivity contribution in [2.45, 2.75) is 13.1 Å². The number of nitrogens with one attached hydrogen (secondary N) is 1. The number of fused-ring (bicyclic) bond motifs is 5. The van der Waals surface area contributed by atoms with Crippen molar-refractivity contribution in [3.05, 3.63) is 46.2 Å². The highest BCUT2D eigenvalue weighted by atomic mass is 35.5. The maximum atomic E-state index is 12.1. The number of amides is 1. The first-order valence-electron chi connectivity index (χ1n) is 8.54. The molecule has 0 radical (unpaired) electrons. The molecule has 4 heterocycles. The Kier molecular flexibility index (Phi) is 3.92. The van der Waals surface area contributed by atoms with Crippen molar-refractivity contribution in [2.75, 3.05) is 19.6 Å². The molecular weight excluding hydrogens is 389 g/mol. The van der Waals surface area contributed by atoms with Gasteiger partial charge < -0.3 is 10.2 Å². The lowest BCUT2D eigenvalue weighted by Gasteiger charge is -2.26. The van der Waals surface area contributed by atoms with E-state index in [1.54, 1.807) is 15.9 Å². The first-order valence-corrected chi connectivity index (χ1v) is 9.30. The summed E-state index contributed by atoms with van der Waals surface area (Å²) in [6, 6.07) is 5.60. The fraction of sp³-hybridized carbons (Fsp3) is 0.294. The van der Waals surface area contributed by atoms with Gasteiger partial charge >= 0.3 is 0 Å². The van der Waals surface area contributed by atoms with Crippen LogP contribution in [0.15, 0.2) is 24.5 Å². The molecule has 27 heavy (non-hydrogen) atoms. The van der Waals surface area contributed by atoms with Gasteiger partial charge in [0.1, 0.15) is 6.33 Å². The molecule has 10 heteroatoms. The van der Waals surface area contributed by atoms with Crippen LogP contribution in [0.2, 0.25) is 10.2 Å². The van der Waals surface area contributed by atoms with Crippen molar-refractivity contribution in [3.63, 3.8) is 0 Å². The molecule has 2 aliphatic rings. The molecule has 5 rings (SSSR count). The molecule has 2 aliphatic heterocycles. The molecule has 1 amide bonds. The van der Waals surface area contributed by atoms with Gasteiger partial charge in [0.05, 0.1) is 31.0 Å². The van der Waals surface area contributed by atoms with E-state index in [0.717, 1.165) is 23.5 Å². The van der Waals surface area contributed by atoms with E-state index in [2.05, 4.69) is 15.4 Å². The fourth-order valence-corrected chi connectivity index (χ4v) is 3.86. The molecular formula is C17H15Cl2N7O. The van der Waals surface area contributed by atoms with Crippen molar-refractivity contribution in [2.24, 2.45) is 0 Å². The molecule has 3 aromatic rings. The molecule has 0 unspecified atom stereocenters. The Morgan fingerprint density at radius 3 is 3.00 bits per heavy atom. The van der Waals surface area contributed by atoms with Crippen LogP contribution in [0.3, 0.4) is 0 Å². The Morgan fingerprint density at radius 2 is 2.15 bits per heavy atom. The van der Waals surface area contributed by atoms with Crippen molar-refractivity contribution in [1.82, 2.24) is 34.5 Å². The van der Waals surface area contributed by atoms with E-state index in [9.17, 15) is 4.79 Å². The third-order valence-corrected chi connectivity index (χ3v) is 5.36. The number of rotatable bonds is 2. The number of halogens is 2. The van der Waals surface area contributed by atoms with Crippen molar-refractivity contribution >= 4 is 29.1 Å². The zero-order valence-electron chi connectivity index (χ0n) is 14.2. The summed E-state index contributed by atoms with van der Waals surface area (Å²) in [5.74, 6) is 1.34. The minimum atomic E-state index is 0.0517. The summed E-state index contributed by atoms with van der Waals surface area (Å²) in [4.78, 5) is 22.8. The van der Waals surface area contributed by atoms with Crippen molar-refractivity contribution < 1.29 is 4.79 Å². The van der Waals surface area contributed by atoms with Crippen LogP contribution in [0.5, 0.6) is 0 Å². The highest BCUT2D eigenvalue weighted by Crippen LogP contribution is 2.34. The second kappa shape index (κ2) is 6.33. The zero-order valence-corrected chi connectivity index (χ0v) is 15.7. The van der Waals surface area contributed by atoms with Crippen LogP contribution < -0.4 is 5.32 Å². The molecule has 1 fully saturated rings. The summed E-state index contributed by atoms with van der Waals surface area (Å²) in [5, 5.41) is 8.74. The molecule has 0 aliphatic carbocycles. The molecule has 0 bridgehead atoms. The third kappa shape index (κ3) is 2.80. The van der Waals surface area contributed by atoms with Crippen LogP contribution in [0, 0.1) is 0 Å². The van der Waals surface area contributed by atoms with Gasteiger partial charge in [0.25, 0.3) is 0 Å². The molecule has 1 saturated heterocycles. The van der Waals surface area contributed by atoms with Gasteiger partial charge in [-0.15, -0.1) is 0 Å². The zero-order chi connectivity index (χ0) is 18.5. The van der Waals surface area contributed by atoms with Crippen LogP contribution in [-0.4, -0.2) is 54.8 Å². The number of hydrogen-bond acceptors (Lipinski definition) is 5. The summed E-state index contributed by atoms with van der Waals surface area (Å²) in [6.45, 7) is 2.57. The number of hydrogen-bond donors (Lipinski definition) is 1. The summed E-state index contributed by atoms with van der Waals surface area (Å²) in [7, 11) is 0. The highest BCUT2D eigenvalue weighted by Gasteiger charge is 2.26. The van der Waals surface area contributed by atoms with E-state index in [-0.39, 0.29) is 5.91 Å². The number of nitrogens with zero attached hydrogens (tertiary/aromatic N) is 6. The number of aromatic nitrogens is 5. The first kappa shape index (κ1) is 16.7. The second-order valence-corrected chi connectivity index (χ2v) is 7.31. The van der Waals surface area contributed by atoms with Gasteiger partial charge in [-0.05, 0) is 18.2 Å². The topological polar surface area (TPSA) is 80.9 Å². The van der Waals surface area contributed by atoms with E-state index in [1.807, 2.05) is 22.8 Å². The normalized spacial score (nSPS) is 15.9. The predicted octanol–water partition coefficient (Wildman–Crippen LogP) is 1.73. The fourth-order valence-electron chi connectivity index (χ4n) is 3.49. The average Bonchev–Trinajstić information content (AvgIpc) is 3.18. The number of imidazole rings is 1. The van der Waals surface area contributed by atoms with Crippen LogP contribution >= 0.6 is 23.2 Å². The average molecular weight is 404 g/mol. The lowest BCUT2D eigenvalue weighted by atomic mass is 10.1. The van der Waals surface area contributed by atoms with Crippen LogP contribution in [0.1, 0.15) is 11.5 Å². The number of carbonyl (C=O) groups is 1. The highest BCUT2D eigenvalue weighted by molar-refractivity contribution is 6.31. The van der Waals surface area contributed by atoms with Gasteiger partial charge in [0, 0.05) is 23.7 Å². The quantitative estimate of drug-likeness (QED) is 0.551. The van der Waals surface area contributed by atoms with Crippen molar-refractivity contribution in [1.29, 1.82) is 0 Å². The first-order chi connectivity index (χ1) is 13.1. The maximum absolute atomic E-state index is 12.1. The monoisotopic (exact) mass is 403 g/mol. The van der Waals surface area contributed by atoms with E-state index < -0.39 is 0 Å². The summed E-state index contributed by atoms with van der Waals surface area (Å²) >= 11 is 12.5. The van der Waals surface area contributed by atoms with E-state index >= 15 is 0 Å². The van der Waals surface area contributed by atoms with Gasteiger partial charge in [-0.1, -0.05) is 23.2 Å².